The number of hydrogen-bond acceptors (Lipinski definition) is 5. The Kier molecular flexibility index (Phi) is 5.64. The van der Waals surface area contributed by atoms with E-state index in [2.05, 4.69) is 58.1 Å². The fourth-order valence-corrected chi connectivity index (χ4v) is 4.67. The van der Waals surface area contributed by atoms with Crippen molar-refractivity contribution < 1.29 is 4.39 Å². The minimum absolute atomic E-state index is 0.308. The third kappa shape index (κ3) is 4.42. The monoisotopic (exact) mass is 491 g/mol. The summed E-state index contributed by atoms with van der Waals surface area (Å²) in [6.07, 6.45) is 9.35. The van der Waals surface area contributed by atoms with Crippen LogP contribution in [0.2, 0.25) is 0 Å². The van der Waals surface area contributed by atoms with Crippen molar-refractivity contribution in [3.63, 3.8) is 0 Å². The summed E-state index contributed by atoms with van der Waals surface area (Å²) >= 11 is 0. The number of benzene rings is 1. The Bertz CT molecular complexity index is 1720. The second-order valence-electron chi connectivity index (χ2n) is 9.60. The molecule has 0 spiro atoms. The largest absolute Gasteiger partial charge is 0.386 e. The van der Waals surface area contributed by atoms with Crippen LogP contribution in [0, 0.1) is 5.82 Å². The number of H-pyrrole nitrogens is 2. The highest BCUT2D eigenvalue weighted by molar-refractivity contribution is 5.95. The third-order valence-corrected chi connectivity index (χ3v) is 6.31. The first kappa shape index (κ1) is 22.8. The lowest BCUT2D eigenvalue weighted by Crippen LogP contribution is -2.22. The highest BCUT2D eigenvalue weighted by Gasteiger charge is 2.18. The van der Waals surface area contributed by atoms with Gasteiger partial charge in [0.25, 0.3) is 0 Å². The van der Waals surface area contributed by atoms with Gasteiger partial charge in [0.15, 0.2) is 11.5 Å². The number of fused-ring (bicyclic) bond motifs is 2. The molecule has 0 saturated carbocycles. The molecule has 7 nitrogen and oxygen atoms in total. The molecular weight excluding hydrogens is 465 g/mol. The van der Waals surface area contributed by atoms with Gasteiger partial charge in [0.2, 0.25) is 0 Å². The zero-order valence-electron chi connectivity index (χ0n) is 20.6. The van der Waals surface area contributed by atoms with E-state index in [1.165, 1.54) is 12.1 Å². The molecule has 1 aliphatic carbocycles. The minimum Gasteiger partial charge on any atom is -0.386 e. The van der Waals surface area contributed by atoms with E-state index in [1.54, 1.807) is 18.5 Å². The summed E-state index contributed by atoms with van der Waals surface area (Å²) in [5.41, 5.74) is 9.21. The second kappa shape index (κ2) is 9.13. The van der Waals surface area contributed by atoms with E-state index < -0.39 is 0 Å². The fraction of sp³-hybridized carbons (Fsp3) is 0.172. The molecule has 0 amide bonds. The Hall–Kier alpha value is -4.59. The van der Waals surface area contributed by atoms with Crippen LogP contribution in [0.1, 0.15) is 32.4 Å². The van der Waals surface area contributed by atoms with Crippen LogP contribution in [0.25, 0.3) is 50.3 Å². The van der Waals surface area contributed by atoms with Gasteiger partial charge >= 0.3 is 0 Å². The molecule has 4 heterocycles. The lowest BCUT2D eigenvalue weighted by Gasteiger charge is -2.14. The SMILES string of the molecule is C=C1CC=C(c2ccc3[nH]nc(-c4nc5c(-c6cccc(F)c6)cncc5[nH]4)c3n2)C=C(NC(C)C)C1. The van der Waals surface area contributed by atoms with Gasteiger partial charge < -0.3 is 10.3 Å². The number of rotatable bonds is 5. The van der Waals surface area contributed by atoms with E-state index in [0.717, 1.165) is 52.0 Å². The van der Waals surface area contributed by atoms with Crippen LogP contribution >= 0.6 is 0 Å². The molecule has 1 aromatic carbocycles. The summed E-state index contributed by atoms with van der Waals surface area (Å²) in [6.45, 7) is 8.47. The van der Waals surface area contributed by atoms with Crippen molar-refractivity contribution in [3.8, 4) is 22.6 Å². The third-order valence-electron chi connectivity index (χ3n) is 6.31. The molecule has 8 heteroatoms. The molecule has 37 heavy (non-hydrogen) atoms. The van der Waals surface area contributed by atoms with Crippen molar-refractivity contribution in [2.24, 2.45) is 0 Å². The highest BCUT2D eigenvalue weighted by Crippen LogP contribution is 2.32. The lowest BCUT2D eigenvalue weighted by atomic mass is 10.1. The topological polar surface area (TPSA) is 95.2 Å². The number of pyridine rings is 2. The zero-order valence-corrected chi connectivity index (χ0v) is 20.6. The van der Waals surface area contributed by atoms with Crippen molar-refractivity contribution >= 4 is 27.6 Å². The van der Waals surface area contributed by atoms with Crippen LogP contribution in [0.3, 0.4) is 0 Å². The number of aromatic nitrogens is 6. The molecule has 0 radical (unpaired) electrons. The van der Waals surface area contributed by atoms with Gasteiger partial charge in [0, 0.05) is 29.9 Å². The smallest absolute Gasteiger partial charge is 0.161 e. The van der Waals surface area contributed by atoms with Crippen molar-refractivity contribution in [1.82, 2.24) is 35.5 Å². The molecule has 4 aromatic heterocycles. The molecule has 3 N–H and O–H groups in total. The molecule has 0 saturated heterocycles. The van der Waals surface area contributed by atoms with E-state index in [1.807, 2.05) is 18.2 Å². The molecule has 0 bridgehead atoms. The molecule has 6 rings (SSSR count). The lowest BCUT2D eigenvalue weighted by molar-refractivity contribution is 0.628. The first-order valence-electron chi connectivity index (χ1n) is 12.2. The normalized spacial score (nSPS) is 14.2. The second-order valence-corrected chi connectivity index (χ2v) is 9.60. The van der Waals surface area contributed by atoms with Gasteiger partial charge in [0.1, 0.15) is 11.3 Å². The first-order valence-corrected chi connectivity index (χ1v) is 12.2. The summed E-state index contributed by atoms with van der Waals surface area (Å²) in [7, 11) is 0. The highest BCUT2D eigenvalue weighted by atomic mass is 19.1. The van der Waals surface area contributed by atoms with E-state index in [9.17, 15) is 4.39 Å². The Morgan fingerprint density at radius 2 is 1.95 bits per heavy atom. The summed E-state index contributed by atoms with van der Waals surface area (Å²) in [6, 6.07) is 10.7. The average Bonchev–Trinajstić information content (AvgIpc) is 3.44. The molecule has 0 fully saturated rings. The Balaban J connectivity index is 1.44. The predicted octanol–water partition coefficient (Wildman–Crippen LogP) is 6.32. The minimum atomic E-state index is -0.308. The first-order chi connectivity index (χ1) is 17.9. The number of halogens is 1. The van der Waals surface area contributed by atoms with Crippen molar-refractivity contribution in [3.05, 3.63) is 90.3 Å². The molecule has 1 aliphatic rings. The molecule has 0 unspecified atom stereocenters. The number of nitrogens with zero attached hydrogens (tertiary/aromatic N) is 4. The Morgan fingerprint density at radius 3 is 2.78 bits per heavy atom. The van der Waals surface area contributed by atoms with E-state index in [0.29, 0.717) is 34.2 Å². The van der Waals surface area contributed by atoms with Crippen LogP contribution in [0.15, 0.2) is 78.8 Å². The number of hydrogen-bond donors (Lipinski definition) is 3. The van der Waals surface area contributed by atoms with Crippen molar-refractivity contribution in [2.45, 2.75) is 32.7 Å². The number of aromatic amines is 2. The van der Waals surface area contributed by atoms with Crippen LogP contribution in [0.5, 0.6) is 0 Å². The molecule has 184 valence electrons. The molecule has 0 aliphatic heterocycles. The maximum atomic E-state index is 13.9. The maximum absolute atomic E-state index is 13.9. The predicted molar refractivity (Wildman–Crippen MR) is 145 cm³/mol. The number of imidazole rings is 1. The Morgan fingerprint density at radius 1 is 1.05 bits per heavy atom. The summed E-state index contributed by atoms with van der Waals surface area (Å²) in [4.78, 5) is 17.5. The average molecular weight is 492 g/mol. The van der Waals surface area contributed by atoms with Crippen molar-refractivity contribution in [2.75, 3.05) is 0 Å². The number of allylic oxidation sites excluding steroid dienone is 4. The van der Waals surface area contributed by atoms with Gasteiger partial charge in [-0.25, -0.2) is 14.4 Å². The van der Waals surface area contributed by atoms with Gasteiger partial charge in [-0.1, -0.05) is 30.4 Å². The summed E-state index contributed by atoms with van der Waals surface area (Å²) in [5, 5.41) is 11.1. The van der Waals surface area contributed by atoms with Crippen LogP contribution < -0.4 is 5.32 Å². The standard InChI is InChI=1S/C29H26FN7/c1-16(2)32-21-11-17(3)7-8-19(13-21)23-9-10-24-27(33-23)28(37-36-24)29-34-25-15-31-14-22(26(25)35-29)18-5-4-6-20(30)12-18/h4-6,8-10,12-16,32H,3,7,11H2,1-2H3,(H,34,35)(H,36,37). The molecule has 5 aromatic rings. The quantitative estimate of drug-likeness (QED) is 0.250. The van der Waals surface area contributed by atoms with Gasteiger partial charge in [-0.2, -0.15) is 5.10 Å². The molecular formula is C29H26FN7. The van der Waals surface area contributed by atoms with Gasteiger partial charge in [0.05, 0.1) is 28.4 Å². The summed E-state index contributed by atoms with van der Waals surface area (Å²) < 4.78 is 13.9. The van der Waals surface area contributed by atoms with Gasteiger partial charge in [-0.05, 0) is 61.7 Å². The van der Waals surface area contributed by atoms with Gasteiger partial charge in [-0.3, -0.25) is 10.1 Å². The van der Waals surface area contributed by atoms with E-state index >= 15 is 0 Å². The van der Waals surface area contributed by atoms with E-state index in [4.69, 9.17) is 9.97 Å². The fourth-order valence-electron chi connectivity index (χ4n) is 4.67. The van der Waals surface area contributed by atoms with Crippen LogP contribution in [-0.4, -0.2) is 36.2 Å². The van der Waals surface area contributed by atoms with Crippen LogP contribution in [-0.2, 0) is 0 Å². The molecule has 0 atom stereocenters. The Labute approximate surface area is 213 Å². The number of nitrogens with one attached hydrogen (secondary N) is 3. The van der Waals surface area contributed by atoms with Crippen LogP contribution in [0.4, 0.5) is 4.39 Å². The zero-order chi connectivity index (χ0) is 25.5. The van der Waals surface area contributed by atoms with E-state index in [-0.39, 0.29) is 5.82 Å². The summed E-state index contributed by atoms with van der Waals surface area (Å²) in [5.74, 6) is 0.259. The van der Waals surface area contributed by atoms with Crippen molar-refractivity contribution in [1.29, 1.82) is 0 Å². The maximum Gasteiger partial charge on any atom is 0.161 e. The van der Waals surface area contributed by atoms with Gasteiger partial charge in [-0.15, -0.1) is 0 Å².